The third kappa shape index (κ3) is 4.35. The van der Waals surface area contributed by atoms with Crippen LogP contribution in [0.2, 0.25) is 0 Å². The van der Waals surface area contributed by atoms with Crippen LogP contribution >= 0.6 is 0 Å². The molecule has 0 bridgehead atoms. The first-order valence-electron chi connectivity index (χ1n) is 7.86. The van der Waals surface area contributed by atoms with Crippen LogP contribution in [-0.4, -0.2) is 44.3 Å². The Balaban J connectivity index is 2.14. The molecular formula is C17H28N2O2. The number of hydrogen-bond donors (Lipinski definition) is 1. The molecule has 2 rings (SSSR count). The van der Waals surface area contributed by atoms with Gasteiger partial charge in [-0.05, 0) is 46.3 Å². The lowest BCUT2D eigenvalue weighted by molar-refractivity contribution is 0.180. The molecule has 1 heterocycles. The van der Waals surface area contributed by atoms with E-state index in [0.717, 1.165) is 31.1 Å². The van der Waals surface area contributed by atoms with Crippen LogP contribution in [0.5, 0.6) is 11.5 Å². The summed E-state index contributed by atoms with van der Waals surface area (Å²) in [5, 5.41) is 3.39. The summed E-state index contributed by atoms with van der Waals surface area (Å²) in [6, 6.07) is 6.75. The predicted molar refractivity (Wildman–Crippen MR) is 86.1 cm³/mol. The average molecular weight is 292 g/mol. The van der Waals surface area contributed by atoms with Crippen LogP contribution in [0.3, 0.4) is 0 Å². The standard InChI is InChI=1S/C17H28N2O2/c1-13(2)21-17-14(7-5-9-16(17)20-4)11-19-10-6-8-15(12-19)18-3/h5,7,9,13,15,18H,6,8,10-12H2,1-4H3. The van der Waals surface area contributed by atoms with Gasteiger partial charge in [-0.1, -0.05) is 12.1 Å². The molecule has 0 saturated carbocycles. The van der Waals surface area contributed by atoms with Gasteiger partial charge in [0.2, 0.25) is 0 Å². The number of rotatable bonds is 6. The van der Waals surface area contributed by atoms with Crippen molar-refractivity contribution in [1.82, 2.24) is 10.2 Å². The van der Waals surface area contributed by atoms with Crippen molar-refractivity contribution < 1.29 is 9.47 Å². The first-order chi connectivity index (χ1) is 10.1. The number of nitrogens with one attached hydrogen (secondary N) is 1. The zero-order chi connectivity index (χ0) is 15.2. The lowest BCUT2D eigenvalue weighted by atomic mass is 10.0. The number of nitrogens with zero attached hydrogens (tertiary/aromatic N) is 1. The Morgan fingerprint density at radius 3 is 2.86 bits per heavy atom. The minimum Gasteiger partial charge on any atom is -0.493 e. The van der Waals surface area contributed by atoms with E-state index >= 15 is 0 Å². The monoisotopic (exact) mass is 292 g/mol. The van der Waals surface area contributed by atoms with Crippen LogP contribution in [-0.2, 0) is 6.54 Å². The Morgan fingerprint density at radius 2 is 2.19 bits per heavy atom. The van der Waals surface area contributed by atoms with Gasteiger partial charge in [-0.15, -0.1) is 0 Å². The fraction of sp³-hybridized carbons (Fsp3) is 0.647. The number of benzene rings is 1. The van der Waals surface area contributed by atoms with Gasteiger partial charge in [0.1, 0.15) is 0 Å². The lowest BCUT2D eigenvalue weighted by Gasteiger charge is -2.33. The number of para-hydroxylation sites is 1. The van der Waals surface area contributed by atoms with Crippen molar-refractivity contribution in [2.75, 3.05) is 27.2 Å². The highest BCUT2D eigenvalue weighted by molar-refractivity contribution is 5.46. The van der Waals surface area contributed by atoms with Crippen LogP contribution in [0, 0.1) is 0 Å². The summed E-state index contributed by atoms with van der Waals surface area (Å²) in [5.74, 6) is 1.71. The Kier molecular flexibility index (Phi) is 5.88. The molecule has 1 unspecified atom stereocenters. The maximum Gasteiger partial charge on any atom is 0.166 e. The molecule has 1 aromatic rings. The van der Waals surface area contributed by atoms with Gasteiger partial charge in [0.25, 0.3) is 0 Å². The number of piperidine rings is 1. The van der Waals surface area contributed by atoms with Crippen LogP contribution in [0.25, 0.3) is 0 Å². The van der Waals surface area contributed by atoms with E-state index in [0.29, 0.717) is 6.04 Å². The van der Waals surface area contributed by atoms with Crippen molar-refractivity contribution in [3.8, 4) is 11.5 Å². The third-order valence-corrected chi connectivity index (χ3v) is 3.94. The molecule has 0 radical (unpaired) electrons. The normalized spacial score (nSPS) is 19.8. The van der Waals surface area contributed by atoms with Gasteiger partial charge in [0.15, 0.2) is 11.5 Å². The number of ether oxygens (including phenoxy) is 2. The second kappa shape index (κ2) is 7.66. The van der Waals surface area contributed by atoms with E-state index in [4.69, 9.17) is 9.47 Å². The molecule has 1 aromatic carbocycles. The number of likely N-dealkylation sites (N-methyl/N-ethyl adjacent to an activating group) is 1. The van der Waals surface area contributed by atoms with E-state index in [9.17, 15) is 0 Å². The molecule has 0 amide bonds. The Morgan fingerprint density at radius 1 is 1.38 bits per heavy atom. The van der Waals surface area contributed by atoms with E-state index in [1.54, 1.807) is 7.11 Å². The first-order valence-corrected chi connectivity index (χ1v) is 7.86. The quantitative estimate of drug-likeness (QED) is 0.874. The zero-order valence-corrected chi connectivity index (χ0v) is 13.7. The second-order valence-electron chi connectivity index (χ2n) is 5.98. The Hall–Kier alpha value is -1.26. The molecule has 1 saturated heterocycles. The molecule has 0 aromatic heterocycles. The van der Waals surface area contributed by atoms with Gasteiger partial charge < -0.3 is 14.8 Å². The lowest BCUT2D eigenvalue weighted by Crippen LogP contribution is -2.43. The van der Waals surface area contributed by atoms with E-state index < -0.39 is 0 Å². The van der Waals surface area contributed by atoms with Crippen molar-refractivity contribution >= 4 is 0 Å². The third-order valence-electron chi connectivity index (χ3n) is 3.94. The summed E-state index contributed by atoms with van der Waals surface area (Å²) in [4.78, 5) is 2.49. The second-order valence-corrected chi connectivity index (χ2v) is 5.98. The summed E-state index contributed by atoms with van der Waals surface area (Å²) in [6.07, 6.45) is 2.66. The predicted octanol–water partition coefficient (Wildman–Crippen LogP) is 2.67. The zero-order valence-electron chi connectivity index (χ0n) is 13.7. The molecular weight excluding hydrogens is 264 g/mol. The highest BCUT2D eigenvalue weighted by Gasteiger charge is 2.21. The molecule has 118 valence electrons. The van der Waals surface area contributed by atoms with Gasteiger partial charge in [-0.25, -0.2) is 0 Å². The van der Waals surface area contributed by atoms with Crippen molar-refractivity contribution in [2.24, 2.45) is 0 Å². The van der Waals surface area contributed by atoms with Crippen LogP contribution < -0.4 is 14.8 Å². The molecule has 0 aliphatic carbocycles. The fourth-order valence-corrected chi connectivity index (χ4v) is 2.89. The average Bonchev–Trinajstić information content (AvgIpc) is 2.48. The summed E-state index contributed by atoms with van der Waals surface area (Å²) in [6.45, 7) is 7.26. The van der Waals surface area contributed by atoms with Gasteiger partial charge in [0.05, 0.1) is 13.2 Å². The molecule has 21 heavy (non-hydrogen) atoms. The maximum atomic E-state index is 5.99. The minimum absolute atomic E-state index is 0.145. The smallest absolute Gasteiger partial charge is 0.166 e. The van der Waals surface area contributed by atoms with Crippen molar-refractivity contribution in [2.45, 2.75) is 45.4 Å². The van der Waals surface area contributed by atoms with Crippen molar-refractivity contribution in [1.29, 1.82) is 0 Å². The largest absolute Gasteiger partial charge is 0.493 e. The maximum absolute atomic E-state index is 5.99. The topological polar surface area (TPSA) is 33.7 Å². The summed E-state index contributed by atoms with van der Waals surface area (Å²) in [5.41, 5.74) is 1.21. The number of hydrogen-bond acceptors (Lipinski definition) is 4. The molecule has 1 aliphatic rings. The molecule has 4 nitrogen and oxygen atoms in total. The Labute approximate surface area is 128 Å². The highest BCUT2D eigenvalue weighted by Crippen LogP contribution is 2.33. The molecule has 0 spiro atoms. The van der Waals surface area contributed by atoms with Gasteiger partial charge >= 0.3 is 0 Å². The van der Waals surface area contributed by atoms with Crippen LogP contribution in [0.4, 0.5) is 0 Å². The van der Waals surface area contributed by atoms with Gasteiger partial charge in [0, 0.05) is 24.7 Å². The minimum atomic E-state index is 0.145. The van der Waals surface area contributed by atoms with E-state index in [1.165, 1.54) is 18.4 Å². The van der Waals surface area contributed by atoms with Gasteiger partial charge in [-0.2, -0.15) is 0 Å². The number of likely N-dealkylation sites (tertiary alicyclic amines) is 1. The molecule has 4 heteroatoms. The van der Waals surface area contributed by atoms with Gasteiger partial charge in [-0.3, -0.25) is 4.90 Å². The molecule has 1 aliphatic heterocycles. The molecule has 1 N–H and O–H groups in total. The van der Waals surface area contributed by atoms with Crippen LogP contribution in [0.1, 0.15) is 32.3 Å². The first kappa shape index (κ1) is 16.1. The molecule has 1 atom stereocenters. The van der Waals surface area contributed by atoms with Crippen LogP contribution in [0.15, 0.2) is 18.2 Å². The highest BCUT2D eigenvalue weighted by atomic mass is 16.5. The number of methoxy groups -OCH3 is 1. The van der Waals surface area contributed by atoms with E-state index in [2.05, 4.69) is 16.3 Å². The van der Waals surface area contributed by atoms with E-state index in [-0.39, 0.29) is 6.10 Å². The SMILES string of the molecule is CNC1CCCN(Cc2cccc(OC)c2OC(C)C)C1. The summed E-state index contributed by atoms with van der Waals surface area (Å²) >= 11 is 0. The molecule has 1 fully saturated rings. The van der Waals surface area contributed by atoms with Crippen molar-refractivity contribution in [3.05, 3.63) is 23.8 Å². The Bertz CT molecular complexity index is 448. The summed E-state index contributed by atoms with van der Waals surface area (Å²) < 4.78 is 11.5. The fourth-order valence-electron chi connectivity index (χ4n) is 2.89. The van der Waals surface area contributed by atoms with E-state index in [1.807, 2.05) is 33.0 Å². The summed E-state index contributed by atoms with van der Waals surface area (Å²) in [7, 11) is 3.75. The van der Waals surface area contributed by atoms with Crippen molar-refractivity contribution in [3.63, 3.8) is 0 Å².